The van der Waals surface area contributed by atoms with E-state index in [0.717, 1.165) is 31.2 Å². The van der Waals surface area contributed by atoms with Crippen LogP contribution in [0.5, 0.6) is 0 Å². The van der Waals surface area contributed by atoms with Crippen LogP contribution < -0.4 is 47.9 Å². The molecule has 1 aliphatic rings. The van der Waals surface area contributed by atoms with Crippen LogP contribution in [-0.2, 0) is 52.7 Å². The van der Waals surface area contributed by atoms with Gasteiger partial charge in [0.25, 0.3) is 0 Å². The molecular weight excluding hydrogens is 993 g/mol. The van der Waals surface area contributed by atoms with E-state index < -0.39 is 159 Å². The van der Waals surface area contributed by atoms with Crippen molar-refractivity contribution in [1.82, 2.24) is 47.9 Å². The third kappa shape index (κ3) is 25.0. The Bertz CT molecular complexity index is 2140. The van der Waals surface area contributed by atoms with Crippen molar-refractivity contribution in [3.63, 3.8) is 0 Å². The number of aliphatic hydroxyl groups is 2. The quantitative estimate of drug-likeness (QED) is 0.0381. The third-order valence-electron chi connectivity index (χ3n) is 12.6. The zero-order valence-electron chi connectivity index (χ0n) is 44.1. The standard InChI is InChI=1S/C51H80N10O15/c1-5-7-8-9-10-11-12-13-14-15-16-21-40(64)57-39(30-63)50(75)58-36(22-23-43(67)68)49(74)60-38(29-62)48(73)55-27-42(66)61-45(31(3)6-2)51(76)56-32(4)46(71)59-37(47(72)54-26-41(65)53-28-44(69)70)24-33-25-52-35-20-18-17-19-34(33)35/h17-20,25,31-33,36-39,45,62-63H,5-16,21-24,26-30H2,1-4H3,(H,53,65)(H,54,72)(H,55,73)(H,56,76)(H,57,64)(H,58,75)(H,59,71)(H,60,74)(H,61,66)(H,67,68)(H,69,70)/t31-,32-,33?,36-,37-,38-,39-,45-/m0/s1. The summed E-state index contributed by atoms with van der Waals surface area (Å²) in [5, 5.41) is 59.4. The molecule has 0 saturated heterocycles. The number of para-hydroxylation sites is 1. The van der Waals surface area contributed by atoms with Crippen molar-refractivity contribution in [3.8, 4) is 0 Å². The summed E-state index contributed by atoms with van der Waals surface area (Å²) in [6.45, 7) is 2.94. The van der Waals surface area contributed by atoms with Gasteiger partial charge in [0.05, 0.1) is 32.0 Å². The monoisotopic (exact) mass is 1070 g/mol. The second-order valence-electron chi connectivity index (χ2n) is 18.8. The molecule has 25 heteroatoms. The lowest BCUT2D eigenvalue weighted by molar-refractivity contribution is -0.139. The van der Waals surface area contributed by atoms with E-state index in [2.05, 4.69) is 59.8 Å². The highest BCUT2D eigenvalue weighted by Gasteiger charge is 2.34. The lowest BCUT2D eigenvalue weighted by atomic mass is 9.93. The van der Waals surface area contributed by atoms with Crippen molar-refractivity contribution in [2.45, 2.75) is 173 Å². The van der Waals surface area contributed by atoms with Crippen molar-refractivity contribution in [2.24, 2.45) is 10.9 Å². The van der Waals surface area contributed by atoms with Gasteiger partial charge in [-0.15, -0.1) is 0 Å². The SMILES string of the molecule is CCCCCCCCCCCCCC(=O)N[C@@H](CO)C(=O)N[C@@H](CCC(=O)O)C(=O)N[C@@H](CO)C(=O)NCC(=O)N[C@H](C(=O)N[C@@H](C)C(=O)N[C@@H](CC1C=Nc2ccccc21)C(=O)NCC(=O)NCC(=O)O)[C@@H](C)CC. The first kappa shape index (κ1) is 65.1. The molecule has 1 aliphatic heterocycles. The number of carbonyl (C=O) groups is 11. The zero-order valence-corrected chi connectivity index (χ0v) is 44.1. The zero-order chi connectivity index (χ0) is 56.6. The lowest BCUT2D eigenvalue weighted by Crippen LogP contribution is -2.59. The number of rotatable bonds is 39. The molecule has 1 heterocycles. The number of nitrogens with zero attached hydrogens (tertiary/aromatic N) is 1. The van der Waals surface area contributed by atoms with Crippen LogP contribution in [0.2, 0.25) is 0 Å². The molecule has 9 amide bonds. The van der Waals surface area contributed by atoms with Gasteiger partial charge in [-0.25, -0.2) is 0 Å². The maximum atomic E-state index is 13.6. The Labute approximate surface area is 443 Å². The van der Waals surface area contributed by atoms with E-state index in [1.165, 1.54) is 45.4 Å². The Kier molecular flexibility index (Phi) is 30.9. The number of aliphatic imine (C=N–C) groups is 1. The van der Waals surface area contributed by atoms with Crippen molar-refractivity contribution >= 4 is 77.0 Å². The summed E-state index contributed by atoms with van der Waals surface area (Å²) in [4.78, 5) is 145. The van der Waals surface area contributed by atoms with Crippen LogP contribution in [0.15, 0.2) is 29.3 Å². The molecule has 25 nitrogen and oxygen atoms in total. The van der Waals surface area contributed by atoms with Gasteiger partial charge in [0.2, 0.25) is 53.2 Å². The lowest BCUT2D eigenvalue weighted by Gasteiger charge is -2.27. The molecule has 0 aliphatic carbocycles. The Morgan fingerprint density at radius 3 is 1.66 bits per heavy atom. The van der Waals surface area contributed by atoms with Crippen LogP contribution in [0.4, 0.5) is 5.69 Å². The first-order valence-electron chi connectivity index (χ1n) is 26.2. The van der Waals surface area contributed by atoms with Gasteiger partial charge >= 0.3 is 11.9 Å². The van der Waals surface area contributed by atoms with Crippen LogP contribution in [0, 0.1) is 5.92 Å². The molecule has 1 unspecified atom stereocenters. The predicted octanol–water partition coefficient (Wildman–Crippen LogP) is -0.165. The van der Waals surface area contributed by atoms with Gasteiger partial charge in [-0.2, -0.15) is 0 Å². The number of hydrogen-bond acceptors (Lipinski definition) is 14. The van der Waals surface area contributed by atoms with E-state index in [-0.39, 0.29) is 12.8 Å². The number of unbranched alkanes of at least 4 members (excludes halogenated alkanes) is 10. The van der Waals surface area contributed by atoms with Crippen molar-refractivity contribution < 1.29 is 73.2 Å². The van der Waals surface area contributed by atoms with E-state index in [4.69, 9.17) is 5.11 Å². The van der Waals surface area contributed by atoms with Crippen molar-refractivity contribution in [1.29, 1.82) is 0 Å². The minimum atomic E-state index is -1.73. The fourth-order valence-electron chi connectivity index (χ4n) is 7.94. The number of amides is 9. The minimum Gasteiger partial charge on any atom is -0.481 e. The summed E-state index contributed by atoms with van der Waals surface area (Å²) < 4.78 is 0. The molecule has 0 radical (unpaired) electrons. The van der Waals surface area contributed by atoms with E-state index in [9.17, 15) is 68.1 Å². The molecule has 424 valence electrons. The van der Waals surface area contributed by atoms with Gasteiger partial charge in [0.1, 0.15) is 42.8 Å². The number of benzene rings is 1. The molecule has 1 aromatic rings. The summed E-state index contributed by atoms with van der Waals surface area (Å²) in [5.74, 6) is -11.4. The normalized spacial score (nSPS) is 15.2. The van der Waals surface area contributed by atoms with Gasteiger partial charge < -0.3 is 68.3 Å². The molecule has 76 heavy (non-hydrogen) atoms. The first-order chi connectivity index (χ1) is 36.2. The fraction of sp³-hybridized carbons (Fsp3) is 0.647. The Morgan fingerprint density at radius 1 is 0.526 bits per heavy atom. The van der Waals surface area contributed by atoms with Gasteiger partial charge in [0, 0.05) is 25.0 Å². The molecule has 0 saturated carbocycles. The van der Waals surface area contributed by atoms with Crippen LogP contribution >= 0.6 is 0 Å². The molecule has 2 rings (SSSR count). The minimum absolute atomic E-state index is 0.0129. The fourth-order valence-corrected chi connectivity index (χ4v) is 7.94. The van der Waals surface area contributed by atoms with Gasteiger partial charge in [-0.3, -0.25) is 57.7 Å². The summed E-state index contributed by atoms with van der Waals surface area (Å²) in [7, 11) is 0. The number of aliphatic carboxylic acids is 2. The third-order valence-corrected chi connectivity index (χ3v) is 12.6. The molecule has 1 aromatic carbocycles. The molecular formula is C51H80N10O15. The molecule has 0 bridgehead atoms. The van der Waals surface area contributed by atoms with E-state index in [1.807, 2.05) is 0 Å². The number of hydrogen-bond donors (Lipinski definition) is 13. The smallest absolute Gasteiger partial charge is 0.322 e. The number of carboxylic acids is 2. The maximum absolute atomic E-state index is 13.6. The number of nitrogens with one attached hydrogen (secondary N) is 9. The van der Waals surface area contributed by atoms with Crippen LogP contribution in [0.25, 0.3) is 0 Å². The van der Waals surface area contributed by atoms with Crippen molar-refractivity contribution in [3.05, 3.63) is 29.8 Å². The summed E-state index contributed by atoms with van der Waals surface area (Å²) in [6, 6.07) is -1.56. The second-order valence-corrected chi connectivity index (χ2v) is 18.8. The van der Waals surface area contributed by atoms with E-state index in [1.54, 1.807) is 44.3 Å². The molecule has 13 N–H and O–H groups in total. The largest absolute Gasteiger partial charge is 0.481 e. The second kappa shape index (κ2) is 36.0. The molecule has 0 aromatic heterocycles. The molecule has 0 spiro atoms. The highest BCUT2D eigenvalue weighted by molar-refractivity contribution is 5.97. The van der Waals surface area contributed by atoms with Crippen molar-refractivity contribution in [2.75, 3.05) is 32.8 Å². The van der Waals surface area contributed by atoms with Crippen LogP contribution in [0.1, 0.15) is 142 Å². The first-order valence-corrected chi connectivity index (χ1v) is 26.2. The maximum Gasteiger partial charge on any atom is 0.322 e. The van der Waals surface area contributed by atoms with E-state index >= 15 is 0 Å². The topological polar surface area (TPSA) is 389 Å². The Hall–Kier alpha value is -7.02. The van der Waals surface area contributed by atoms with Gasteiger partial charge in [0.15, 0.2) is 0 Å². The average Bonchev–Trinajstić information content (AvgIpc) is 3.80. The number of carbonyl (C=O) groups excluding carboxylic acids is 9. The summed E-state index contributed by atoms with van der Waals surface area (Å²) >= 11 is 0. The highest BCUT2D eigenvalue weighted by atomic mass is 16.4. The summed E-state index contributed by atoms with van der Waals surface area (Å²) in [6.07, 6.45) is 12.7. The Morgan fingerprint density at radius 2 is 1.07 bits per heavy atom. The highest BCUT2D eigenvalue weighted by Crippen LogP contribution is 2.34. The van der Waals surface area contributed by atoms with E-state index in [0.29, 0.717) is 18.5 Å². The van der Waals surface area contributed by atoms with Gasteiger partial charge in [-0.05, 0) is 43.7 Å². The number of fused-ring (bicyclic) bond motifs is 1. The number of carboxylic acid groups (broad SMARTS) is 2. The van der Waals surface area contributed by atoms with Crippen LogP contribution in [0.3, 0.4) is 0 Å². The van der Waals surface area contributed by atoms with Crippen LogP contribution in [-0.4, -0.2) is 161 Å². The molecule has 0 fully saturated rings. The predicted molar refractivity (Wildman–Crippen MR) is 277 cm³/mol. The summed E-state index contributed by atoms with van der Waals surface area (Å²) in [5.41, 5.74) is 1.44. The average molecular weight is 1070 g/mol. The number of aliphatic hydroxyl groups excluding tert-OH is 2. The Balaban J connectivity index is 2.00. The van der Waals surface area contributed by atoms with Gasteiger partial charge in [-0.1, -0.05) is 110 Å². The molecule has 8 atom stereocenters.